The summed E-state index contributed by atoms with van der Waals surface area (Å²) in [5, 5.41) is 17.4. The van der Waals surface area contributed by atoms with Crippen molar-refractivity contribution in [2.24, 2.45) is 0 Å². The van der Waals surface area contributed by atoms with Crippen LogP contribution in [0.2, 0.25) is 0 Å². The maximum absolute atomic E-state index is 12.1. The van der Waals surface area contributed by atoms with Gasteiger partial charge in [0.05, 0.1) is 10.6 Å². The molecule has 0 saturated carbocycles. The van der Waals surface area contributed by atoms with Crippen molar-refractivity contribution in [3.8, 4) is 17.4 Å². The first kappa shape index (κ1) is 17.9. The summed E-state index contributed by atoms with van der Waals surface area (Å²) in [6, 6.07) is 16.2. The number of nitrogens with one attached hydrogen (secondary N) is 1. The van der Waals surface area contributed by atoms with E-state index in [-0.39, 0.29) is 5.91 Å². The Morgan fingerprint density at radius 1 is 1.07 bits per heavy atom. The third kappa shape index (κ3) is 3.91. The molecule has 0 bridgehead atoms. The predicted octanol–water partition coefficient (Wildman–Crippen LogP) is 4.39. The van der Waals surface area contributed by atoms with Crippen LogP contribution in [-0.2, 0) is 0 Å². The van der Waals surface area contributed by atoms with Gasteiger partial charge in [0.2, 0.25) is 5.88 Å². The fourth-order valence-electron chi connectivity index (χ4n) is 2.67. The number of carbonyl (C=O) groups excluding carboxylic acids is 1. The Balaban J connectivity index is 1.41. The fourth-order valence-corrected chi connectivity index (χ4v) is 3.29. The molecular formula is C20H17N5O2S. The Labute approximate surface area is 165 Å². The van der Waals surface area contributed by atoms with Crippen molar-refractivity contribution < 1.29 is 9.53 Å². The first-order valence-electron chi connectivity index (χ1n) is 8.58. The van der Waals surface area contributed by atoms with Gasteiger partial charge in [-0.2, -0.15) is 5.10 Å². The van der Waals surface area contributed by atoms with Crippen LogP contribution in [0.4, 0.5) is 5.69 Å². The van der Waals surface area contributed by atoms with E-state index in [0.29, 0.717) is 28.0 Å². The third-order valence-electron chi connectivity index (χ3n) is 3.93. The lowest BCUT2D eigenvalue weighted by atomic mass is 10.3. The Bertz CT molecular complexity index is 1090. The van der Waals surface area contributed by atoms with Crippen LogP contribution in [0.5, 0.6) is 11.6 Å². The molecule has 0 radical (unpaired) electrons. The molecule has 3 heterocycles. The van der Waals surface area contributed by atoms with Crippen molar-refractivity contribution >= 4 is 22.9 Å². The van der Waals surface area contributed by atoms with Crippen molar-refractivity contribution in [2.45, 2.75) is 13.8 Å². The molecule has 28 heavy (non-hydrogen) atoms. The predicted molar refractivity (Wildman–Crippen MR) is 107 cm³/mol. The minimum absolute atomic E-state index is 0.130. The van der Waals surface area contributed by atoms with Gasteiger partial charge < -0.3 is 10.1 Å². The molecule has 7 nitrogen and oxygen atoms in total. The highest BCUT2D eigenvalue weighted by Gasteiger charge is 2.08. The van der Waals surface area contributed by atoms with Gasteiger partial charge in [-0.05, 0) is 61.7 Å². The van der Waals surface area contributed by atoms with Crippen molar-refractivity contribution in [1.29, 1.82) is 0 Å². The number of aromatic nitrogens is 4. The van der Waals surface area contributed by atoms with Crippen LogP contribution in [-0.4, -0.2) is 25.9 Å². The van der Waals surface area contributed by atoms with Crippen molar-refractivity contribution in [1.82, 2.24) is 20.0 Å². The van der Waals surface area contributed by atoms with Crippen LogP contribution in [0, 0.1) is 13.8 Å². The minimum atomic E-state index is -0.130. The van der Waals surface area contributed by atoms with Gasteiger partial charge in [-0.25, -0.2) is 4.68 Å². The number of anilines is 1. The lowest BCUT2D eigenvalue weighted by Crippen LogP contribution is -2.09. The van der Waals surface area contributed by atoms with E-state index in [2.05, 4.69) is 20.6 Å². The smallest absolute Gasteiger partial charge is 0.265 e. The second kappa shape index (κ2) is 7.61. The van der Waals surface area contributed by atoms with E-state index in [0.717, 1.165) is 11.4 Å². The van der Waals surface area contributed by atoms with Crippen LogP contribution in [0.25, 0.3) is 5.82 Å². The van der Waals surface area contributed by atoms with Crippen LogP contribution < -0.4 is 10.1 Å². The fraction of sp³-hybridized carbons (Fsp3) is 0.100. The van der Waals surface area contributed by atoms with Gasteiger partial charge in [0, 0.05) is 17.4 Å². The number of amides is 1. The average molecular weight is 391 g/mol. The molecule has 0 atom stereocenters. The SMILES string of the molecule is Cc1cc(C)n(-c2ccc(Oc3ccc(NC(=O)c4cccs4)cc3)nn2)n1. The van der Waals surface area contributed by atoms with Gasteiger partial charge >= 0.3 is 0 Å². The molecule has 4 aromatic rings. The van der Waals surface area contributed by atoms with Gasteiger partial charge in [0.25, 0.3) is 5.91 Å². The zero-order chi connectivity index (χ0) is 19.5. The van der Waals surface area contributed by atoms with Gasteiger partial charge in [-0.15, -0.1) is 21.5 Å². The topological polar surface area (TPSA) is 81.9 Å². The number of benzene rings is 1. The molecule has 1 amide bonds. The summed E-state index contributed by atoms with van der Waals surface area (Å²) < 4.78 is 7.46. The monoisotopic (exact) mass is 391 g/mol. The zero-order valence-electron chi connectivity index (χ0n) is 15.3. The van der Waals surface area contributed by atoms with E-state index in [4.69, 9.17) is 4.74 Å². The van der Waals surface area contributed by atoms with E-state index in [1.54, 1.807) is 47.1 Å². The highest BCUT2D eigenvalue weighted by Crippen LogP contribution is 2.22. The number of carbonyl (C=O) groups is 1. The number of rotatable bonds is 5. The van der Waals surface area contributed by atoms with Crippen molar-refractivity contribution in [3.63, 3.8) is 0 Å². The number of hydrogen-bond acceptors (Lipinski definition) is 6. The molecular weight excluding hydrogens is 374 g/mol. The Hall–Kier alpha value is -3.52. The van der Waals surface area contributed by atoms with Crippen molar-refractivity contribution in [3.05, 3.63) is 76.2 Å². The van der Waals surface area contributed by atoms with E-state index in [1.165, 1.54) is 11.3 Å². The molecule has 3 aromatic heterocycles. The number of ether oxygens (including phenoxy) is 1. The van der Waals surface area contributed by atoms with Crippen LogP contribution in [0.1, 0.15) is 21.1 Å². The molecule has 0 saturated heterocycles. The van der Waals surface area contributed by atoms with Gasteiger partial charge in [0.15, 0.2) is 5.82 Å². The van der Waals surface area contributed by atoms with Crippen LogP contribution >= 0.6 is 11.3 Å². The summed E-state index contributed by atoms with van der Waals surface area (Å²) in [4.78, 5) is 12.7. The maximum atomic E-state index is 12.1. The molecule has 8 heteroatoms. The van der Waals surface area contributed by atoms with Crippen molar-refractivity contribution in [2.75, 3.05) is 5.32 Å². The standard InChI is InChI=1S/C20H17N5O2S/c1-13-12-14(2)25(24-13)18-9-10-19(23-22-18)27-16-7-5-15(6-8-16)21-20(26)17-4-3-11-28-17/h3-12H,1-2H3,(H,21,26). The first-order valence-corrected chi connectivity index (χ1v) is 9.46. The summed E-state index contributed by atoms with van der Waals surface area (Å²) in [5.41, 5.74) is 2.60. The molecule has 0 spiro atoms. The molecule has 0 aliphatic carbocycles. The lowest BCUT2D eigenvalue weighted by Gasteiger charge is -2.07. The summed E-state index contributed by atoms with van der Waals surface area (Å²) in [5.74, 6) is 1.47. The van der Waals surface area contributed by atoms with Crippen LogP contribution in [0.3, 0.4) is 0 Å². The minimum Gasteiger partial charge on any atom is -0.438 e. The largest absolute Gasteiger partial charge is 0.438 e. The van der Waals surface area contributed by atoms with E-state index < -0.39 is 0 Å². The molecule has 0 aliphatic heterocycles. The van der Waals surface area contributed by atoms with E-state index in [1.807, 2.05) is 31.4 Å². The normalized spacial score (nSPS) is 10.6. The summed E-state index contributed by atoms with van der Waals surface area (Å²) in [6.45, 7) is 3.89. The zero-order valence-corrected chi connectivity index (χ0v) is 16.1. The second-order valence-electron chi connectivity index (χ2n) is 6.13. The highest BCUT2D eigenvalue weighted by atomic mass is 32.1. The number of aryl methyl sites for hydroxylation is 2. The summed E-state index contributed by atoms with van der Waals surface area (Å²) in [7, 11) is 0. The average Bonchev–Trinajstić information content (AvgIpc) is 3.34. The highest BCUT2D eigenvalue weighted by molar-refractivity contribution is 7.12. The first-order chi connectivity index (χ1) is 13.6. The van der Waals surface area contributed by atoms with Gasteiger partial charge in [0.1, 0.15) is 5.75 Å². The molecule has 4 rings (SSSR count). The molecule has 0 aliphatic rings. The molecule has 0 fully saturated rings. The lowest BCUT2D eigenvalue weighted by molar-refractivity contribution is 0.103. The van der Waals surface area contributed by atoms with E-state index in [9.17, 15) is 4.79 Å². The van der Waals surface area contributed by atoms with Gasteiger partial charge in [-0.1, -0.05) is 6.07 Å². The summed E-state index contributed by atoms with van der Waals surface area (Å²) in [6.07, 6.45) is 0. The number of hydrogen-bond donors (Lipinski definition) is 1. The number of nitrogens with zero attached hydrogens (tertiary/aromatic N) is 4. The molecule has 0 unspecified atom stereocenters. The second-order valence-corrected chi connectivity index (χ2v) is 7.07. The third-order valence-corrected chi connectivity index (χ3v) is 4.80. The molecule has 1 aromatic carbocycles. The van der Waals surface area contributed by atoms with E-state index >= 15 is 0 Å². The van der Waals surface area contributed by atoms with Gasteiger partial charge in [-0.3, -0.25) is 4.79 Å². The Kier molecular flexibility index (Phi) is 4.86. The Morgan fingerprint density at radius 3 is 2.50 bits per heavy atom. The Morgan fingerprint density at radius 2 is 1.89 bits per heavy atom. The molecule has 140 valence electrons. The maximum Gasteiger partial charge on any atom is 0.265 e. The molecule has 1 N–H and O–H groups in total. The number of thiophene rings is 1. The van der Waals surface area contributed by atoms with Crippen LogP contribution in [0.15, 0.2) is 60.0 Å². The quantitative estimate of drug-likeness (QED) is 0.546. The summed E-state index contributed by atoms with van der Waals surface area (Å²) >= 11 is 1.40.